The zero-order valence-corrected chi connectivity index (χ0v) is 15.9. The average molecular weight is 393 g/mol. The number of hydrogen-bond acceptors (Lipinski definition) is 5. The normalized spacial score (nSPS) is 18.7. The first-order chi connectivity index (χ1) is 13.7. The summed E-state index contributed by atoms with van der Waals surface area (Å²) in [5, 5.41) is 14.7. The van der Waals surface area contributed by atoms with E-state index >= 15 is 0 Å². The number of amides is 1. The summed E-state index contributed by atoms with van der Waals surface area (Å²) in [5.41, 5.74) is 1.51. The second-order valence-electron chi connectivity index (χ2n) is 6.57. The third-order valence-electron chi connectivity index (χ3n) is 4.82. The lowest BCUT2D eigenvalue weighted by Gasteiger charge is -2.24. The Balaban J connectivity index is 1.68. The predicted molar refractivity (Wildman–Crippen MR) is 107 cm³/mol. The second-order valence-corrected chi connectivity index (χ2v) is 7.35. The van der Waals surface area contributed by atoms with E-state index in [2.05, 4.69) is 4.98 Å². The monoisotopic (exact) mass is 393 g/mol. The number of Topliss-reactive ketones (excluding diaryl/α,β-unsaturated/α-hetero) is 1. The van der Waals surface area contributed by atoms with E-state index in [-0.39, 0.29) is 11.3 Å². The molecule has 6 nitrogen and oxygen atoms in total. The van der Waals surface area contributed by atoms with E-state index in [0.29, 0.717) is 25.1 Å². The summed E-state index contributed by atoms with van der Waals surface area (Å²) in [6, 6.07) is 10.2. The van der Waals surface area contributed by atoms with Gasteiger partial charge in [-0.15, -0.1) is 0 Å². The van der Waals surface area contributed by atoms with Crippen molar-refractivity contribution in [2.24, 2.45) is 0 Å². The zero-order chi connectivity index (χ0) is 19.5. The molecule has 1 saturated heterocycles. The van der Waals surface area contributed by atoms with Crippen LogP contribution in [0, 0.1) is 0 Å². The fourth-order valence-corrected chi connectivity index (χ4v) is 4.16. The first-order valence-corrected chi connectivity index (χ1v) is 9.93. The Morgan fingerprint density at radius 1 is 1.14 bits per heavy atom. The van der Waals surface area contributed by atoms with Gasteiger partial charge in [0.05, 0.1) is 17.9 Å². The van der Waals surface area contributed by atoms with Crippen molar-refractivity contribution in [1.82, 2.24) is 14.5 Å². The highest BCUT2D eigenvalue weighted by molar-refractivity contribution is 7.08. The molecule has 0 saturated carbocycles. The Kier molecular flexibility index (Phi) is 5.08. The number of ketones is 1. The Morgan fingerprint density at radius 2 is 1.96 bits per heavy atom. The largest absolute Gasteiger partial charge is 0.507 e. The number of likely N-dealkylation sites (tertiary alicyclic amines) is 1. The number of aromatic nitrogens is 2. The topological polar surface area (TPSA) is 75.4 Å². The van der Waals surface area contributed by atoms with E-state index in [1.54, 1.807) is 41.7 Å². The van der Waals surface area contributed by atoms with Crippen LogP contribution in [0.15, 0.2) is 71.5 Å². The van der Waals surface area contributed by atoms with Gasteiger partial charge >= 0.3 is 0 Å². The van der Waals surface area contributed by atoms with E-state index in [1.165, 1.54) is 11.3 Å². The zero-order valence-electron chi connectivity index (χ0n) is 15.1. The third kappa shape index (κ3) is 3.36. The lowest BCUT2D eigenvalue weighted by atomic mass is 9.97. The number of benzene rings is 1. The number of imidazole rings is 1. The number of thiophene rings is 1. The summed E-state index contributed by atoms with van der Waals surface area (Å²) in [7, 11) is 0. The number of aliphatic hydroxyl groups is 1. The van der Waals surface area contributed by atoms with Crippen LogP contribution in [-0.4, -0.2) is 37.8 Å². The number of aryl methyl sites for hydroxylation is 1. The molecular formula is C21H19N3O3S. The molecule has 1 unspecified atom stereocenters. The van der Waals surface area contributed by atoms with E-state index in [1.807, 2.05) is 33.7 Å². The molecular weight excluding hydrogens is 374 g/mol. The van der Waals surface area contributed by atoms with Crippen LogP contribution >= 0.6 is 11.3 Å². The van der Waals surface area contributed by atoms with Crippen LogP contribution in [0.4, 0.5) is 0 Å². The van der Waals surface area contributed by atoms with Crippen molar-refractivity contribution in [3.05, 3.63) is 82.6 Å². The van der Waals surface area contributed by atoms with Crippen LogP contribution in [0.5, 0.6) is 0 Å². The molecule has 4 rings (SSSR count). The smallest absolute Gasteiger partial charge is 0.295 e. The minimum absolute atomic E-state index is 0.132. The van der Waals surface area contributed by atoms with Crippen molar-refractivity contribution in [3.63, 3.8) is 0 Å². The van der Waals surface area contributed by atoms with Gasteiger partial charge in [-0.1, -0.05) is 30.3 Å². The van der Waals surface area contributed by atoms with Crippen LogP contribution in [0.3, 0.4) is 0 Å². The quantitative estimate of drug-likeness (QED) is 0.395. The molecule has 1 amide bonds. The maximum absolute atomic E-state index is 12.8. The summed E-state index contributed by atoms with van der Waals surface area (Å²) in [6.07, 6.45) is 5.96. The van der Waals surface area contributed by atoms with Gasteiger partial charge in [0.25, 0.3) is 11.7 Å². The molecule has 0 aliphatic carbocycles. The molecule has 28 heavy (non-hydrogen) atoms. The van der Waals surface area contributed by atoms with Crippen LogP contribution < -0.4 is 0 Å². The van der Waals surface area contributed by atoms with Gasteiger partial charge in [-0.3, -0.25) is 9.59 Å². The molecule has 1 aliphatic heterocycles. The minimum atomic E-state index is -0.639. The van der Waals surface area contributed by atoms with E-state index in [9.17, 15) is 14.7 Å². The number of carbonyl (C=O) groups excluding carboxylic acids is 2. The van der Waals surface area contributed by atoms with Crippen molar-refractivity contribution >= 4 is 28.8 Å². The summed E-state index contributed by atoms with van der Waals surface area (Å²) in [5.74, 6) is -1.34. The number of hydrogen-bond donors (Lipinski definition) is 1. The Bertz CT molecular complexity index is 995. The second kappa shape index (κ2) is 7.82. The Hall–Kier alpha value is -3.19. The minimum Gasteiger partial charge on any atom is -0.507 e. The highest BCUT2D eigenvalue weighted by Gasteiger charge is 2.45. The van der Waals surface area contributed by atoms with Gasteiger partial charge in [0, 0.05) is 31.0 Å². The van der Waals surface area contributed by atoms with E-state index < -0.39 is 17.7 Å². The first kappa shape index (κ1) is 18.2. The SMILES string of the molecule is O=C1C(=O)N(CCCn2ccnc2)C(c2ccsc2)/C1=C(\O)c1ccccc1. The molecule has 3 aromatic rings. The molecule has 1 aromatic carbocycles. The maximum Gasteiger partial charge on any atom is 0.295 e. The summed E-state index contributed by atoms with van der Waals surface area (Å²) in [4.78, 5) is 31.2. The maximum atomic E-state index is 12.8. The number of carbonyl (C=O) groups is 2. The molecule has 1 atom stereocenters. The fraction of sp³-hybridized carbons (Fsp3) is 0.190. The van der Waals surface area contributed by atoms with Crippen LogP contribution in [0.2, 0.25) is 0 Å². The van der Waals surface area contributed by atoms with Crippen molar-refractivity contribution in [1.29, 1.82) is 0 Å². The van der Waals surface area contributed by atoms with Crippen LogP contribution in [0.25, 0.3) is 5.76 Å². The van der Waals surface area contributed by atoms with Crippen molar-refractivity contribution in [2.75, 3.05) is 6.54 Å². The molecule has 0 spiro atoms. The number of nitrogens with zero attached hydrogens (tertiary/aromatic N) is 3. The van der Waals surface area contributed by atoms with Gasteiger partial charge in [-0.2, -0.15) is 11.3 Å². The summed E-state index contributed by atoms with van der Waals surface area (Å²) >= 11 is 1.50. The molecule has 7 heteroatoms. The third-order valence-corrected chi connectivity index (χ3v) is 5.52. The summed E-state index contributed by atoms with van der Waals surface area (Å²) in [6.45, 7) is 1.10. The molecule has 142 valence electrons. The lowest BCUT2D eigenvalue weighted by Crippen LogP contribution is -2.31. The van der Waals surface area contributed by atoms with Crippen LogP contribution in [-0.2, 0) is 16.1 Å². The lowest BCUT2D eigenvalue weighted by molar-refractivity contribution is -0.139. The van der Waals surface area contributed by atoms with Crippen molar-refractivity contribution < 1.29 is 14.7 Å². The number of aliphatic hydroxyl groups excluding tert-OH is 1. The first-order valence-electron chi connectivity index (χ1n) is 8.98. The molecule has 1 N–H and O–H groups in total. The Labute approximate surface area is 166 Å². The predicted octanol–water partition coefficient (Wildman–Crippen LogP) is 3.46. The molecule has 1 fully saturated rings. The van der Waals surface area contributed by atoms with Crippen molar-refractivity contribution in [2.45, 2.75) is 19.0 Å². The highest BCUT2D eigenvalue weighted by Crippen LogP contribution is 2.40. The van der Waals surface area contributed by atoms with Gasteiger partial charge in [0.15, 0.2) is 0 Å². The standard InChI is InChI=1S/C21H19N3O3S/c25-19(15-5-2-1-3-6-15)17-18(16-7-12-28-13-16)24(21(27)20(17)26)10-4-9-23-11-8-22-14-23/h1-3,5-8,11-14,18,25H,4,9-10H2/b19-17+. The van der Waals surface area contributed by atoms with Crippen molar-refractivity contribution in [3.8, 4) is 0 Å². The molecule has 1 aliphatic rings. The van der Waals surface area contributed by atoms with Gasteiger partial charge in [0.2, 0.25) is 0 Å². The fourth-order valence-electron chi connectivity index (χ4n) is 3.48. The molecule has 0 radical (unpaired) electrons. The van der Waals surface area contributed by atoms with Gasteiger partial charge in [-0.25, -0.2) is 4.98 Å². The average Bonchev–Trinajstić information content (AvgIpc) is 3.46. The molecule has 2 aromatic heterocycles. The highest BCUT2D eigenvalue weighted by atomic mass is 32.1. The van der Waals surface area contributed by atoms with E-state index in [4.69, 9.17) is 0 Å². The summed E-state index contributed by atoms with van der Waals surface area (Å²) < 4.78 is 1.93. The van der Waals surface area contributed by atoms with Gasteiger partial charge < -0.3 is 14.6 Å². The molecule has 0 bridgehead atoms. The van der Waals surface area contributed by atoms with Crippen LogP contribution in [0.1, 0.15) is 23.6 Å². The van der Waals surface area contributed by atoms with Gasteiger partial charge in [0.1, 0.15) is 5.76 Å². The van der Waals surface area contributed by atoms with E-state index in [0.717, 1.165) is 5.56 Å². The number of rotatable bonds is 6. The van der Waals surface area contributed by atoms with Gasteiger partial charge in [-0.05, 0) is 28.8 Å². The molecule has 3 heterocycles. The Morgan fingerprint density at radius 3 is 2.64 bits per heavy atom.